The van der Waals surface area contributed by atoms with Gasteiger partial charge in [0.1, 0.15) is 11.3 Å². The molecule has 0 aliphatic carbocycles. The Bertz CT molecular complexity index is 1060. The van der Waals surface area contributed by atoms with E-state index in [1.165, 1.54) is 30.5 Å². The second kappa shape index (κ2) is 7.75. The summed E-state index contributed by atoms with van der Waals surface area (Å²) in [4.78, 5) is 27.4. The van der Waals surface area contributed by atoms with Gasteiger partial charge in [0.25, 0.3) is 0 Å². The molecule has 1 aromatic heterocycles. The number of hydrogen-bond acceptors (Lipinski definition) is 4. The number of fused-ring (bicyclic) bond motifs is 1. The van der Waals surface area contributed by atoms with Gasteiger partial charge in [0.05, 0.1) is 6.61 Å². The molecule has 2 aromatic carbocycles. The van der Waals surface area contributed by atoms with Gasteiger partial charge in [0.15, 0.2) is 0 Å². The van der Waals surface area contributed by atoms with Gasteiger partial charge in [-0.3, -0.25) is 4.79 Å². The lowest BCUT2D eigenvalue weighted by atomic mass is 10.0. The van der Waals surface area contributed by atoms with Crippen LogP contribution in [-0.2, 0) is 11.2 Å². The standard InChI is InChI=1S/C20H16F3NO4/c1-2-27-19(26)16-11-24-17-8-5-13(10-15(17)18(16)25)9-12-3-6-14(7-4-12)28-20(21,22)23/h3-8,10-11H,2,9H2,1H3,(H,24,25). The zero-order chi connectivity index (χ0) is 20.3. The SMILES string of the molecule is CCOC(=O)c1c[nH]c2ccc(Cc3ccc(OC(F)(F)F)cc3)cc2c1=O. The number of carbonyl (C=O) groups is 1. The third kappa shape index (κ3) is 4.51. The first-order valence-corrected chi connectivity index (χ1v) is 8.43. The Morgan fingerprint density at radius 2 is 1.75 bits per heavy atom. The number of pyridine rings is 1. The van der Waals surface area contributed by atoms with Gasteiger partial charge < -0.3 is 14.5 Å². The highest BCUT2D eigenvalue weighted by atomic mass is 19.4. The fourth-order valence-electron chi connectivity index (χ4n) is 2.78. The third-order valence-electron chi connectivity index (χ3n) is 4.01. The van der Waals surface area contributed by atoms with Gasteiger partial charge in [-0.25, -0.2) is 4.79 Å². The maximum atomic E-state index is 12.6. The van der Waals surface area contributed by atoms with Crippen LogP contribution >= 0.6 is 0 Å². The van der Waals surface area contributed by atoms with Crippen molar-refractivity contribution in [2.45, 2.75) is 19.7 Å². The van der Waals surface area contributed by atoms with Crippen molar-refractivity contribution in [1.29, 1.82) is 0 Å². The van der Waals surface area contributed by atoms with E-state index in [2.05, 4.69) is 9.72 Å². The lowest BCUT2D eigenvalue weighted by molar-refractivity contribution is -0.274. The first kappa shape index (κ1) is 19.5. The van der Waals surface area contributed by atoms with Crippen LogP contribution in [0, 0.1) is 0 Å². The van der Waals surface area contributed by atoms with E-state index < -0.39 is 17.8 Å². The number of ether oxygens (including phenoxy) is 2. The Labute approximate surface area is 157 Å². The van der Waals surface area contributed by atoms with Crippen LogP contribution in [0.1, 0.15) is 28.4 Å². The summed E-state index contributed by atoms with van der Waals surface area (Å²) in [5, 5.41) is 0.333. The molecule has 3 aromatic rings. The molecule has 0 radical (unpaired) electrons. The summed E-state index contributed by atoms with van der Waals surface area (Å²) in [6, 6.07) is 10.7. The average Bonchev–Trinajstić information content (AvgIpc) is 2.63. The smallest absolute Gasteiger partial charge is 0.462 e. The van der Waals surface area contributed by atoms with Crippen molar-refractivity contribution in [1.82, 2.24) is 4.98 Å². The second-order valence-electron chi connectivity index (χ2n) is 6.00. The van der Waals surface area contributed by atoms with Gasteiger partial charge in [-0.2, -0.15) is 0 Å². The Kier molecular flexibility index (Phi) is 5.39. The minimum absolute atomic E-state index is 0.0832. The van der Waals surface area contributed by atoms with Gasteiger partial charge in [-0.15, -0.1) is 13.2 Å². The van der Waals surface area contributed by atoms with Crippen LogP contribution in [0.15, 0.2) is 53.5 Å². The summed E-state index contributed by atoms with van der Waals surface area (Å²) in [7, 11) is 0. The lowest BCUT2D eigenvalue weighted by Crippen LogP contribution is -2.18. The molecule has 0 amide bonds. The van der Waals surface area contributed by atoms with Crippen LogP contribution in [0.2, 0.25) is 0 Å². The molecule has 0 atom stereocenters. The fraction of sp³-hybridized carbons (Fsp3) is 0.200. The molecule has 146 valence electrons. The highest BCUT2D eigenvalue weighted by molar-refractivity contribution is 5.93. The van der Waals surface area contributed by atoms with Gasteiger partial charge in [-0.05, 0) is 48.7 Å². The first-order chi connectivity index (χ1) is 13.3. The Balaban J connectivity index is 1.86. The molecule has 3 rings (SSSR count). The number of aromatic amines is 1. The average molecular weight is 391 g/mol. The van der Waals surface area contributed by atoms with Crippen LogP contribution in [0.25, 0.3) is 10.9 Å². The summed E-state index contributed by atoms with van der Waals surface area (Å²) >= 11 is 0. The van der Waals surface area contributed by atoms with Crippen molar-refractivity contribution >= 4 is 16.9 Å². The van der Waals surface area contributed by atoms with Gasteiger partial charge in [-0.1, -0.05) is 18.2 Å². The summed E-state index contributed by atoms with van der Waals surface area (Å²) in [6.07, 6.45) is -3.02. The topological polar surface area (TPSA) is 68.4 Å². The molecule has 0 aliphatic heterocycles. The highest BCUT2D eigenvalue weighted by Gasteiger charge is 2.30. The molecule has 0 aliphatic rings. The van der Waals surface area contributed by atoms with Gasteiger partial charge >= 0.3 is 12.3 Å². The van der Waals surface area contributed by atoms with E-state index in [0.29, 0.717) is 17.3 Å². The number of rotatable bonds is 5. The minimum atomic E-state index is -4.74. The molecule has 0 fully saturated rings. The van der Waals surface area contributed by atoms with Crippen molar-refractivity contribution < 1.29 is 27.4 Å². The number of esters is 1. The monoisotopic (exact) mass is 391 g/mol. The van der Waals surface area contributed by atoms with E-state index in [0.717, 1.165) is 11.1 Å². The second-order valence-corrected chi connectivity index (χ2v) is 6.00. The number of H-pyrrole nitrogens is 1. The third-order valence-corrected chi connectivity index (χ3v) is 4.01. The van der Waals surface area contributed by atoms with Gasteiger partial charge in [0, 0.05) is 17.1 Å². The maximum absolute atomic E-state index is 12.6. The van der Waals surface area contributed by atoms with E-state index in [4.69, 9.17) is 4.74 Å². The summed E-state index contributed by atoms with van der Waals surface area (Å²) in [5.74, 6) is -0.999. The molecular weight excluding hydrogens is 375 g/mol. The van der Waals surface area contributed by atoms with Crippen molar-refractivity contribution in [3.63, 3.8) is 0 Å². The molecule has 0 bridgehead atoms. The molecule has 28 heavy (non-hydrogen) atoms. The predicted molar refractivity (Wildman–Crippen MR) is 96.5 cm³/mol. The zero-order valence-corrected chi connectivity index (χ0v) is 14.8. The summed E-state index contributed by atoms with van der Waals surface area (Å²) < 4.78 is 45.4. The number of halogens is 3. The van der Waals surface area contributed by atoms with E-state index in [1.54, 1.807) is 25.1 Å². The first-order valence-electron chi connectivity index (χ1n) is 8.43. The molecule has 1 heterocycles. The van der Waals surface area contributed by atoms with Gasteiger partial charge in [0.2, 0.25) is 5.43 Å². The Hall–Kier alpha value is -3.29. The van der Waals surface area contributed by atoms with Crippen LogP contribution in [0.5, 0.6) is 5.75 Å². The normalized spacial score (nSPS) is 11.4. The molecule has 0 unspecified atom stereocenters. The van der Waals surface area contributed by atoms with Crippen molar-refractivity contribution in [3.05, 3.63) is 75.6 Å². The summed E-state index contributed by atoms with van der Waals surface area (Å²) in [6.45, 7) is 1.81. The van der Waals surface area contributed by atoms with Crippen LogP contribution < -0.4 is 10.2 Å². The Morgan fingerprint density at radius 3 is 2.39 bits per heavy atom. The molecule has 1 N–H and O–H groups in total. The number of aromatic nitrogens is 1. The van der Waals surface area contributed by atoms with E-state index in [-0.39, 0.29) is 17.9 Å². The summed E-state index contributed by atoms with van der Waals surface area (Å²) in [5.41, 5.74) is 1.55. The Morgan fingerprint density at radius 1 is 1.07 bits per heavy atom. The van der Waals surface area contributed by atoms with Crippen molar-refractivity contribution in [2.24, 2.45) is 0 Å². The molecule has 0 spiro atoms. The van der Waals surface area contributed by atoms with Crippen LogP contribution in [0.3, 0.4) is 0 Å². The minimum Gasteiger partial charge on any atom is -0.462 e. The highest BCUT2D eigenvalue weighted by Crippen LogP contribution is 2.23. The number of carbonyl (C=O) groups excluding carboxylic acids is 1. The number of nitrogens with one attached hydrogen (secondary N) is 1. The molecule has 5 nitrogen and oxygen atoms in total. The molecule has 0 saturated heterocycles. The fourth-order valence-corrected chi connectivity index (χ4v) is 2.78. The maximum Gasteiger partial charge on any atom is 0.573 e. The van der Waals surface area contributed by atoms with E-state index in [9.17, 15) is 22.8 Å². The van der Waals surface area contributed by atoms with Crippen LogP contribution in [0.4, 0.5) is 13.2 Å². The molecule has 0 saturated carbocycles. The van der Waals surface area contributed by atoms with Crippen molar-refractivity contribution in [2.75, 3.05) is 6.61 Å². The largest absolute Gasteiger partial charge is 0.573 e. The predicted octanol–water partition coefficient (Wildman–Crippen LogP) is 4.19. The molecule has 8 heteroatoms. The molecular formula is C20H16F3NO4. The number of alkyl halides is 3. The lowest BCUT2D eigenvalue weighted by Gasteiger charge is -2.09. The van der Waals surface area contributed by atoms with E-state index in [1.807, 2.05) is 0 Å². The van der Waals surface area contributed by atoms with Crippen molar-refractivity contribution in [3.8, 4) is 5.75 Å². The number of hydrogen-bond donors (Lipinski definition) is 1. The zero-order valence-electron chi connectivity index (χ0n) is 14.8. The van der Waals surface area contributed by atoms with E-state index >= 15 is 0 Å². The number of benzene rings is 2. The van der Waals surface area contributed by atoms with Crippen LogP contribution in [-0.4, -0.2) is 23.9 Å². The quantitative estimate of drug-likeness (QED) is 0.662.